The molecule has 1 unspecified atom stereocenters. The Hall–Kier alpha value is -1.16. The number of sulfonamides is 2. The number of anilines is 1. The Morgan fingerprint density at radius 1 is 1.24 bits per heavy atom. The SMILES string of the molecule is CN(c1ccc(S(N)(=O)=O)cc1)S(=O)(=O)CC1CCCO1. The lowest BCUT2D eigenvalue weighted by Crippen LogP contribution is -2.33. The van der Waals surface area contributed by atoms with Crippen LogP contribution >= 0.6 is 0 Å². The molecule has 1 saturated heterocycles. The van der Waals surface area contributed by atoms with Gasteiger partial charge in [0, 0.05) is 13.7 Å². The first-order valence-corrected chi connectivity index (χ1v) is 9.57. The first kappa shape index (κ1) is 16.2. The van der Waals surface area contributed by atoms with Crippen LogP contribution in [0.4, 0.5) is 5.69 Å². The number of hydrogen-bond acceptors (Lipinski definition) is 5. The predicted octanol–water partition coefficient (Wildman–Crippen LogP) is 0.279. The van der Waals surface area contributed by atoms with Crippen LogP contribution in [0.25, 0.3) is 0 Å². The predicted molar refractivity (Wildman–Crippen MR) is 79.0 cm³/mol. The minimum atomic E-state index is -3.79. The molecule has 1 aliphatic heterocycles. The van der Waals surface area contributed by atoms with E-state index in [9.17, 15) is 16.8 Å². The average Bonchev–Trinajstić information content (AvgIpc) is 2.89. The molecule has 7 nitrogen and oxygen atoms in total. The number of hydrogen-bond donors (Lipinski definition) is 1. The monoisotopic (exact) mass is 334 g/mol. The smallest absolute Gasteiger partial charge is 0.238 e. The molecule has 2 rings (SSSR count). The van der Waals surface area contributed by atoms with Crippen LogP contribution in [0.15, 0.2) is 29.2 Å². The highest BCUT2D eigenvalue weighted by Gasteiger charge is 2.27. The molecule has 1 aliphatic rings. The third kappa shape index (κ3) is 3.94. The molecule has 9 heteroatoms. The van der Waals surface area contributed by atoms with Crippen LogP contribution in [-0.2, 0) is 24.8 Å². The van der Waals surface area contributed by atoms with Crippen molar-refractivity contribution < 1.29 is 21.6 Å². The summed E-state index contributed by atoms with van der Waals surface area (Å²) in [6.07, 6.45) is 1.32. The van der Waals surface area contributed by atoms with Crippen LogP contribution in [-0.4, -0.2) is 42.3 Å². The van der Waals surface area contributed by atoms with Crippen molar-refractivity contribution in [2.75, 3.05) is 23.7 Å². The number of primary sulfonamides is 1. The van der Waals surface area contributed by atoms with E-state index in [1.165, 1.54) is 31.3 Å². The van der Waals surface area contributed by atoms with Crippen LogP contribution in [0.5, 0.6) is 0 Å². The molecule has 21 heavy (non-hydrogen) atoms. The largest absolute Gasteiger partial charge is 0.377 e. The summed E-state index contributed by atoms with van der Waals surface area (Å²) < 4.78 is 53.3. The highest BCUT2D eigenvalue weighted by Crippen LogP contribution is 2.21. The summed E-state index contributed by atoms with van der Waals surface area (Å²) in [4.78, 5) is -0.0591. The third-order valence-electron chi connectivity index (χ3n) is 3.37. The topological polar surface area (TPSA) is 107 Å². The highest BCUT2D eigenvalue weighted by atomic mass is 32.2. The number of nitrogens with two attached hydrogens (primary N) is 1. The Balaban J connectivity index is 2.16. The first-order chi connectivity index (χ1) is 9.70. The van der Waals surface area contributed by atoms with E-state index in [0.717, 1.165) is 17.1 Å². The molecular formula is C12H18N2O5S2. The number of rotatable bonds is 5. The quantitative estimate of drug-likeness (QED) is 0.832. The molecule has 118 valence electrons. The average molecular weight is 334 g/mol. The fourth-order valence-corrected chi connectivity index (χ4v) is 4.04. The van der Waals surface area contributed by atoms with Crippen molar-refractivity contribution in [2.45, 2.75) is 23.8 Å². The zero-order valence-corrected chi connectivity index (χ0v) is 13.2. The van der Waals surface area contributed by atoms with Crippen LogP contribution in [0.2, 0.25) is 0 Å². The van der Waals surface area contributed by atoms with E-state index in [2.05, 4.69) is 0 Å². The van der Waals surface area contributed by atoms with Crippen molar-refractivity contribution in [1.82, 2.24) is 0 Å². The second kappa shape index (κ2) is 5.91. The molecule has 0 aliphatic carbocycles. The van der Waals surface area contributed by atoms with Gasteiger partial charge in [0.25, 0.3) is 0 Å². The van der Waals surface area contributed by atoms with Gasteiger partial charge in [0.05, 0.1) is 22.4 Å². The normalized spacial score (nSPS) is 19.6. The molecular weight excluding hydrogens is 316 g/mol. The van der Waals surface area contributed by atoms with Crippen LogP contribution in [0, 0.1) is 0 Å². The second-order valence-electron chi connectivity index (χ2n) is 4.92. The lowest BCUT2D eigenvalue weighted by Gasteiger charge is -2.21. The Labute approximate surface area is 124 Å². The van der Waals surface area contributed by atoms with Gasteiger partial charge in [-0.3, -0.25) is 4.31 Å². The Morgan fingerprint density at radius 2 is 1.86 bits per heavy atom. The summed E-state index contributed by atoms with van der Waals surface area (Å²) in [5.74, 6) is -0.0829. The minimum Gasteiger partial charge on any atom is -0.377 e. The van der Waals surface area contributed by atoms with Crippen molar-refractivity contribution in [3.05, 3.63) is 24.3 Å². The van der Waals surface area contributed by atoms with Gasteiger partial charge in [-0.15, -0.1) is 0 Å². The summed E-state index contributed by atoms with van der Waals surface area (Å²) in [5, 5.41) is 5.00. The Kier molecular flexibility index (Phi) is 4.57. The van der Waals surface area contributed by atoms with Crippen molar-refractivity contribution in [3.63, 3.8) is 0 Å². The molecule has 0 spiro atoms. The summed E-state index contributed by atoms with van der Waals surface area (Å²) in [6.45, 7) is 0.590. The van der Waals surface area contributed by atoms with Crippen molar-refractivity contribution in [2.24, 2.45) is 5.14 Å². The highest BCUT2D eigenvalue weighted by molar-refractivity contribution is 7.92. The minimum absolute atomic E-state index is 0.0591. The molecule has 0 saturated carbocycles. The number of ether oxygens (including phenoxy) is 1. The zero-order chi connectivity index (χ0) is 15.7. The van der Waals surface area contributed by atoms with E-state index in [1.807, 2.05) is 0 Å². The molecule has 0 bridgehead atoms. The lowest BCUT2D eigenvalue weighted by atomic mass is 10.3. The van der Waals surface area contributed by atoms with Crippen molar-refractivity contribution in [1.29, 1.82) is 0 Å². The van der Waals surface area contributed by atoms with Crippen molar-refractivity contribution >= 4 is 25.7 Å². The van der Waals surface area contributed by atoms with E-state index >= 15 is 0 Å². The fourth-order valence-electron chi connectivity index (χ4n) is 2.13. The molecule has 0 amide bonds. The van der Waals surface area contributed by atoms with E-state index in [1.54, 1.807) is 0 Å². The Bertz CT molecular complexity index is 692. The zero-order valence-electron chi connectivity index (χ0n) is 11.6. The van der Waals surface area contributed by atoms with Gasteiger partial charge in [0.1, 0.15) is 0 Å². The van der Waals surface area contributed by atoms with Gasteiger partial charge < -0.3 is 4.74 Å². The summed E-state index contributed by atoms with van der Waals surface area (Å²) in [6, 6.07) is 5.38. The summed E-state index contributed by atoms with van der Waals surface area (Å²) in [5.41, 5.74) is 0.375. The molecule has 1 atom stereocenters. The van der Waals surface area contributed by atoms with Crippen LogP contribution < -0.4 is 9.44 Å². The van der Waals surface area contributed by atoms with E-state index in [-0.39, 0.29) is 16.8 Å². The molecule has 0 aromatic heterocycles. The van der Waals surface area contributed by atoms with Gasteiger partial charge in [-0.05, 0) is 37.1 Å². The van der Waals surface area contributed by atoms with E-state index < -0.39 is 20.0 Å². The number of nitrogens with zero attached hydrogens (tertiary/aromatic N) is 1. The lowest BCUT2D eigenvalue weighted by molar-refractivity contribution is 0.127. The molecule has 1 aromatic rings. The van der Waals surface area contributed by atoms with Gasteiger partial charge in [-0.1, -0.05) is 0 Å². The van der Waals surface area contributed by atoms with Crippen LogP contribution in [0.1, 0.15) is 12.8 Å². The standard InChI is InChI=1S/C12H18N2O5S2/c1-14(20(15,16)9-11-3-2-8-19-11)10-4-6-12(7-5-10)21(13,17)18/h4-7,11H,2-3,8-9H2,1H3,(H2,13,17,18). The summed E-state index contributed by atoms with van der Waals surface area (Å²) >= 11 is 0. The maximum Gasteiger partial charge on any atom is 0.238 e. The third-order valence-corrected chi connectivity index (χ3v) is 6.13. The maximum absolute atomic E-state index is 12.3. The molecule has 0 radical (unpaired) electrons. The second-order valence-corrected chi connectivity index (χ2v) is 8.53. The van der Waals surface area contributed by atoms with Crippen molar-refractivity contribution in [3.8, 4) is 0 Å². The Morgan fingerprint density at radius 3 is 2.33 bits per heavy atom. The van der Waals surface area contributed by atoms with Crippen LogP contribution in [0.3, 0.4) is 0 Å². The molecule has 1 heterocycles. The molecule has 2 N–H and O–H groups in total. The molecule has 1 aromatic carbocycles. The van der Waals surface area contributed by atoms with Gasteiger partial charge in [0.15, 0.2) is 0 Å². The van der Waals surface area contributed by atoms with Gasteiger partial charge in [-0.25, -0.2) is 22.0 Å². The van der Waals surface area contributed by atoms with Gasteiger partial charge >= 0.3 is 0 Å². The van der Waals surface area contributed by atoms with Gasteiger partial charge in [-0.2, -0.15) is 0 Å². The van der Waals surface area contributed by atoms with E-state index in [0.29, 0.717) is 12.3 Å². The van der Waals surface area contributed by atoms with E-state index in [4.69, 9.17) is 9.88 Å². The summed E-state index contributed by atoms with van der Waals surface area (Å²) in [7, 11) is -5.88. The first-order valence-electron chi connectivity index (χ1n) is 6.41. The molecule has 1 fully saturated rings. The van der Waals surface area contributed by atoms with Gasteiger partial charge in [0.2, 0.25) is 20.0 Å². The maximum atomic E-state index is 12.3. The fraction of sp³-hybridized carbons (Fsp3) is 0.500. The number of benzene rings is 1.